The summed E-state index contributed by atoms with van der Waals surface area (Å²) in [6, 6.07) is 8.06. The number of carbonyl (C=O) groups excluding carboxylic acids is 1. The lowest BCUT2D eigenvalue weighted by Gasteiger charge is -2.09. The summed E-state index contributed by atoms with van der Waals surface area (Å²) in [6.45, 7) is 2.79. The van der Waals surface area contributed by atoms with Crippen LogP contribution in [0.1, 0.15) is 12.0 Å². The molecule has 0 atom stereocenters. The summed E-state index contributed by atoms with van der Waals surface area (Å²) in [6.07, 6.45) is 2.17. The van der Waals surface area contributed by atoms with Crippen molar-refractivity contribution in [3.05, 3.63) is 57.5 Å². The van der Waals surface area contributed by atoms with Gasteiger partial charge in [-0.3, -0.25) is 4.79 Å². The molecule has 116 valence electrons. The van der Waals surface area contributed by atoms with Crippen molar-refractivity contribution in [1.82, 2.24) is 15.1 Å². The van der Waals surface area contributed by atoms with Gasteiger partial charge >= 0.3 is 6.03 Å². The molecule has 2 N–H and O–H groups in total. The molecule has 2 rings (SSSR count). The Morgan fingerprint density at radius 3 is 2.91 bits per heavy atom. The molecular formula is C15H17ClN4O2. The van der Waals surface area contributed by atoms with E-state index in [2.05, 4.69) is 15.7 Å². The fourth-order valence-corrected chi connectivity index (χ4v) is 2.01. The van der Waals surface area contributed by atoms with Crippen molar-refractivity contribution < 1.29 is 4.79 Å². The Balaban J connectivity index is 1.75. The summed E-state index contributed by atoms with van der Waals surface area (Å²) in [5.74, 6) is 0. The number of rotatable bonds is 5. The summed E-state index contributed by atoms with van der Waals surface area (Å²) in [7, 11) is 0. The predicted molar refractivity (Wildman–Crippen MR) is 86.3 cm³/mol. The van der Waals surface area contributed by atoms with Gasteiger partial charge in [-0.15, -0.1) is 0 Å². The molecule has 0 aliphatic carbocycles. The monoisotopic (exact) mass is 320 g/mol. The van der Waals surface area contributed by atoms with E-state index in [-0.39, 0.29) is 11.6 Å². The second-order valence-corrected chi connectivity index (χ2v) is 5.19. The van der Waals surface area contributed by atoms with Crippen molar-refractivity contribution in [1.29, 1.82) is 0 Å². The van der Waals surface area contributed by atoms with Gasteiger partial charge in [0.15, 0.2) is 0 Å². The van der Waals surface area contributed by atoms with Crippen LogP contribution in [0.25, 0.3) is 0 Å². The lowest BCUT2D eigenvalue weighted by atomic mass is 10.2. The number of nitrogens with one attached hydrogen (secondary N) is 2. The molecule has 2 amide bonds. The van der Waals surface area contributed by atoms with Crippen LogP contribution < -0.4 is 16.2 Å². The van der Waals surface area contributed by atoms with Crippen LogP contribution in [0.5, 0.6) is 0 Å². The van der Waals surface area contributed by atoms with Crippen LogP contribution in [-0.2, 0) is 6.54 Å². The highest BCUT2D eigenvalue weighted by Gasteiger charge is 2.03. The average Bonchev–Trinajstić information content (AvgIpc) is 2.49. The van der Waals surface area contributed by atoms with Gasteiger partial charge in [0.25, 0.3) is 5.56 Å². The Morgan fingerprint density at radius 1 is 1.36 bits per heavy atom. The first-order valence-corrected chi connectivity index (χ1v) is 7.27. The van der Waals surface area contributed by atoms with Crippen molar-refractivity contribution in [2.24, 2.45) is 0 Å². The van der Waals surface area contributed by atoms with Crippen LogP contribution in [-0.4, -0.2) is 22.4 Å². The average molecular weight is 321 g/mol. The van der Waals surface area contributed by atoms with Gasteiger partial charge in [0, 0.05) is 36.1 Å². The number of anilines is 1. The van der Waals surface area contributed by atoms with E-state index < -0.39 is 0 Å². The predicted octanol–water partition coefficient (Wildman–Crippen LogP) is 2.42. The van der Waals surface area contributed by atoms with Gasteiger partial charge in [-0.2, -0.15) is 5.10 Å². The molecule has 1 aromatic carbocycles. The van der Waals surface area contributed by atoms with E-state index in [0.717, 1.165) is 5.56 Å². The number of aromatic nitrogens is 2. The molecule has 7 heteroatoms. The molecule has 0 saturated heterocycles. The lowest BCUT2D eigenvalue weighted by molar-refractivity contribution is 0.251. The second-order valence-electron chi connectivity index (χ2n) is 4.78. The molecule has 0 aliphatic heterocycles. The summed E-state index contributed by atoms with van der Waals surface area (Å²) in [5.41, 5.74) is 1.43. The largest absolute Gasteiger partial charge is 0.338 e. The zero-order valence-electron chi connectivity index (χ0n) is 12.2. The zero-order chi connectivity index (χ0) is 15.9. The Morgan fingerprint density at radius 2 is 2.18 bits per heavy atom. The van der Waals surface area contributed by atoms with Gasteiger partial charge in [-0.25, -0.2) is 9.48 Å². The summed E-state index contributed by atoms with van der Waals surface area (Å²) < 4.78 is 1.36. The molecule has 6 nitrogen and oxygen atoms in total. The van der Waals surface area contributed by atoms with Crippen molar-refractivity contribution >= 4 is 23.3 Å². The first-order chi connectivity index (χ1) is 10.6. The third kappa shape index (κ3) is 4.60. The molecule has 22 heavy (non-hydrogen) atoms. The molecule has 1 aromatic heterocycles. The molecule has 1 heterocycles. The fraction of sp³-hybridized carbons (Fsp3) is 0.267. The van der Waals surface area contributed by atoms with Crippen molar-refractivity contribution in [3.63, 3.8) is 0 Å². The minimum Gasteiger partial charge on any atom is -0.338 e. The van der Waals surface area contributed by atoms with Crippen LogP contribution in [0.4, 0.5) is 10.5 Å². The SMILES string of the molecule is Cc1ccc(NC(=O)NCCCn2ncccc2=O)cc1Cl. The first kappa shape index (κ1) is 16.0. The molecule has 0 saturated carbocycles. The van der Waals surface area contributed by atoms with E-state index in [0.29, 0.717) is 30.2 Å². The van der Waals surface area contributed by atoms with Gasteiger partial charge in [0.1, 0.15) is 0 Å². The number of amides is 2. The highest BCUT2D eigenvalue weighted by molar-refractivity contribution is 6.31. The summed E-state index contributed by atoms with van der Waals surface area (Å²) in [4.78, 5) is 23.2. The molecule has 0 spiro atoms. The highest BCUT2D eigenvalue weighted by Crippen LogP contribution is 2.19. The quantitative estimate of drug-likeness (QED) is 0.831. The van der Waals surface area contributed by atoms with Crippen LogP contribution in [0, 0.1) is 6.92 Å². The summed E-state index contributed by atoms with van der Waals surface area (Å²) in [5, 5.41) is 9.97. The molecular weight excluding hydrogens is 304 g/mol. The van der Waals surface area contributed by atoms with Crippen molar-refractivity contribution in [2.45, 2.75) is 19.9 Å². The second kappa shape index (κ2) is 7.61. The topological polar surface area (TPSA) is 76.0 Å². The van der Waals surface area contributed by atoms with E-state index in [9.17, 15) is 9.59 Å². The number of carbonyl (C=O) groups is 1. The smallest absolute Gasteiger partial charge is 0.319 e. The van der Waals surface area contributed by atoms with Gasteiger partial charge in [-0.1, -0.05) is 17.7 Å². The number of hydrogen-bond acceptors (Lipinski definition) is 3. The minimum absolute atomic E-state index is 0.152. The number of benzene rings is 1. The first-order valence-electron chi connectivity index (χ1n) is 6.89. The van der Waals surface area contributed by atoms with Crippen LogP contribution in [0.2, 0.25) is 5.02 Å². The molecule has 0 radical (unpaired) electrons. The molecule has 0 aliphatic rings. The third-order valence-corrected chi connectivity index (χ3v) is 3.45. The minimum atomic E-state index is -0.312. The Bertz CT molecular complexity index is 715. The Hall–Kier alpha value is -2.34. The molecule has 0 unspecified atom stereocenters. The maximum absolute atomic E-state index is 11.7. The molecule has 0 fully saturated rings. The molecule has 2 aromatic rings. The number of hydrogen-bond donors (Lipinski definition) is 2. The van der Waals surface area contributed by atoms with Gasteiger partial charge in [-0.05, 0) is 37.1 Å². The third-order valence-electron chi connectivity index (χ3n) is 3.05. The van der Waals surface area contributed by atoms with Crippen LogP contribution >= 0.6 is 11.6 Å². The van der Waals surface area contributed by atoms with E-state index in [1.165, 1.54) is 10.7 Å². The van der Waals surface area contributed by atoms with Crippen LogP contribution in [0.3, 0.4) is 0 Å². The maximum Gasteiger partial charge on any atom is 0.319 e. The fourth-order valence-electron chi connectivity index (χ4n) is 1.83. The normalized spacial score (nSPS) is 10.3. The van der Waals surface area contributed by atoms with E-state index in [1.54, 1.807) is 24.4 Å². The zero-order valence-corrected chi connectivity index (χ0v) is 12.9. The Labute approximate surface area is 133 Å². The van der Waals surface area contributed by atoms with Gasteiger partial charge in [0.05, 0.1) is 0 Å². The van der Waals surface area contributed by atoms with Gasteiger partial charge < -0.3 is 10.6 Å². The van der Waals surface area contributed by atoms with Crippen LogP contribution in [0.15, 0.2) is 41.3 Å². The number of halogens is 1. The van der Waals surface area contributed by atoms with Gasteiger partial charge in [0.2, 0.25) is 0 Å². The van der Waals surface area contributed by atoms with Crippen molar-refractivity contribution in [2.75, 3.05) is 11.9 Å². The van der Waals surface area contributed by atoms with E-state index in [1.807, 2.05) is 13.0 Å². The number of nitrogens with zero attached hydrogens (tertiary/aromatic N) is 2. The number of urea groups is 1. The summed E-state index contributed by atoms with van der Waals surface area (Å²) >= 11 is 6.00. The Kier molecular flexibility index (Phi) is 5.55. The van der Waals surface area contributed by atoms with E-state index in [4.69, 9.17) is 11.6 Å². The highest BCUT2D eigenvalue weighted by atomic mass is 35.5. The van der Waals surface area contributed by atoms with Crippen molar-refractivity contribution in [3.8, 4) is 0 Å². The number of aryl methyl sites for hydroxylation is 2. The molecule has 0 bridgehead atoms. The lowest BCUT2D eigenvalue weighted by Crippen LogP contribution is -2.31. The standard InChI is InChI=1S/C15H17ClN4O2/c1-11-5-6-12(10-13(11)16)19-15(22)17-7-3-9-20-14(21)4-2-8-18-20/h2,4-6,8,10H,3,7,9H2,1H3,(H2,17,19,22). The maximum atomic E-state index is 11.7. The van der Waals surface area contributed by atoms with E-state index >= 15 is 0 Å².